The predicted octanol–water partition coefficient (Wildman–Crippen LogP) is -1.32. The van der Waals surface area contributed by atoms with Crippen molar-refractivity contribution in [3.05, 3.63) is 0 Å². The number of hydrogen-bond donors (Lipinski definition) is 2. The second kappa shape index (κ2) is 3.42. The van der Waals surface area contributed by atoms with Crippen molar-refractivity contribution in [3.8, 4) is 0 Å². The second-order valence-corrected chi connectivity index (χ2v) is 1.85. The Bertz CT molecular complexity index is 91.0. The first-order valence-electron chi connectivity index (χ1n) is 2.95. The fourth-order valence-electron chi connectivity index (χ4n) is 0.748. The minimum Gasteiger partial charge on any atom is -0.356 e. The van der Waals surface area contributed by atoms with Crippen molar-refractivity contribution < 1.29 is 9.53 Å². The standard InChI is InChI=1S/C5H10N2O2/c8-4-7-5-3-6-1-2-9-5/h4-6H,1-3H2,(H,7,8)/t5-/m1/s1. The Labute approximate surface area is 53.6 Å². The molecule has 4 nitrogen and oxygen atoms in total. The van der Waals surface area contributed by atoms with Crippen molar-refractivity contribution in [2.24, 2.45) is 0 Å². The Morgan fingerprint density at radius 2 is 2.67 bits per heavy atom. The van der Waals surface area contributed by atoms with Crippen LogP contribution in [0.3, 0.4) is 0 Å². The summed E-state index contributed by atoms with van der Waals surface area (Å²) in [5.41, 5.74) is 0. The summed E-state index contributed by atoms with van der Waals surface area (Å²) in [5, 5.41) is 5.59. The number of morpholine rings is 1. The third-order valence-corrected chi connectivity index (χ3v) is 1.18. The fourth-order valence-corrected chi connectivity index (χ4v) is 0.748. The largest absolute Gasteiger partial charge is 0.356 e. The molecular weight excluding hydrogens is 120 g/mol. The zero-order valence-electron chi connectivity index (χ0n) is 5.09. The molecule has 1 rings (SSSR count). The maximum Gasteiger partial charge on any atom is 0.209 e. The number of carbonyl (C=O) groups excluding carboxylic acids is 1. The maximum atomic E-state index is 9.85. The Morgan fingerprint density at radius 3 is 3.22 bits per heavy atom. The Hall–Kier alpha value is -0.610. The highest BCUT2D eigenvalue weighted by Gasteiger charge is 2.09. The molecule has 0 bridgehead atoms. The van der Waals surface area contributed by atoms with Gasteiger partial charge in [-0.25, -0.2) is 0 Å². The third-order valence-electron chi connectivity index (χ3n) is 1.18. The van der Waals surface area contributed by atoms with Gasteiger partial charge < -0.3 is 15.4 Å². The highest BCUT2D eigenvalue weighted by Crippen LogP contribution is 1.88. The quantitative estimate of drug-likeness (QED) is 0.456. The number of nitrogens with one attached hydrogen (secondary N) is 2. The molecule has 0 aliphatic carbocycles. The summed E-state index contributed by atoms with van der Waals surface area (Å²) in [4.78, 5) is 9.85. The molecule has 52 valence electrons. The molecule has 1 amide bonds. The van der Waals surface area contributed by atoms with Gasteiger partial charge in [0.15, 0.2) is 0 Å². The van der Waals surface area contributed by atoms with Gasteiger partial charge in [0.2, 0.25) is 6.41 Å². The molecule has 1 atom stereocenters. The van der Waals surface area contributed by atoms with Crippen molar-refractivity contribution >= 4 is 6.41 Å². The first-order valence-corrected chi connectivity index (χ1v) is 2.95. The number of rotatable bonds is 2. The molecule has 0 unspecified atom stereocenters. The van der Waals surface area contributed by atoms with Crippen molar-refractivity contribution in [3.63, 3.8) is 0 Å². The molecule has 1 heterocycles. The van der Waals surface area contributed by atoms with Gasteiger partial charge in [0.05, 0.1) is 6.61 Å². The highest BCUT2D eigenvalue weighted by atomic mass is 16.5. The van der Waals surface area contributed by atoms with Crippen LogP contribution in [0.2, 0.25) is 0 Å². The molecule has 1 aliphatic heterocycles. The molecule has 1 saturated heterocycles. The third kappa shape index (κ3) is 1.99. The summed E-state index contributed by atoms with van der Waals surface area (Å²) in [6, 6.07) is 0. The van der Waals surface area contributed by atoms with Crippen LogP contribution >= 0.6 is 0 Å². The van der Waals surface area contributed by atoms with Crippen molar-refractivity contribution in [2.75, 3.05) is 19.7 Å². The first kappa shape index (κ1) is 6.51. The van der Waals surface area contributed by atoms with Gasteiger partial charge in [-0.15, -0.1) is 0 Å². The smallest absolute Gasteiger partial charge is 0.209 e. The SMILES string of the molecule is O=CN[C@H]1CNCCO1. The minimum absolute atomic E-state index is 0.128. The average molecular weight is 130 g/mol. The lowest BCUT2D eigenvalue weighted by Crippen LogP contribution is -2.46. The summed E-state index contributed by atoms with van der Waals surface area (Å²) in [7, 11) is 0. The van der Waals surface area contributed by atoms with Crippen LogP contribution in [-0.4, -0.2) is 32.3 Å². The van der Waals surface area contributed by atoms with Crippen molar-refractivity contribution in [1.29, 1.82) is 0 Å². The molecule has 0 aromatic rings. The molecule has 0 aromatic carbocycles. The van der Waals surface area contributed by atoms with Crippen molar-refractivity contribution in [1.82, 2.24) is 10.6 Å². The van der Waals surface area contributed by atoms with E-state index < -0.39 is 0 Å². The fraction of sp³-hybridized carbons (Fsp3) is 0.800. The van der Waals surface area contributed by atoms with Crippen LogP contribution in [0.25, 0.3) is 0 Å². The lowest BCUT2D eigenvalue weighted by Gasteiger charge is -2.22. The van der Waals surface area contributed by atoms with E-state index in [0.29, 0.717) is 19.6 Å². The van der Waals surface area contributed by atoms with Crippen LogP contribution in [-0.2, 0) is 9.53 Å². The monoisotopic (exact) mass is 130 g/mol. The molecule has 4 heteroatoms. The van der Waals surface area contributed by atoms with Crippen molar-refractivity contribution in [2.45, 2.75) is 6.23 Å². The number of amides is 1. The minimum atomic E-state index is -0.128. The summed E-state index contributed by atoms with van der Waals surface area (Å²) in [5.74, 6) is 0. The number of hydrogen-bond acceptors (Lipinski definition) is 3. The molecule has 0 radical (unpaired) electrons. The van der Waals surface area contributed by atoms with Crippen LogP contribution in [0.4, 0.5) is 0 Å². The summed E-state index contributed by atoms with van der Waals surface area (Å²) in [6.45, 7) is 2.25. The van der Waals surface area contributed by atoms with Gasteiger partial charge in [-0.2, -0.15) is 0 Å². The number of carbonyl (C=O) groups is 1. The Morgan fingerprint density at radius 1 is 1.78 bits per heavy atom. The second-order valence-electron chi connectivity index (χ2n) is 1.85. The molecular formula is C5H10N2O2. The topological polar surface area (TPSA) is 50.4 Å². The van der Waals surface area contributed by atoms with Gasteiger partial charge in [0.1, 0.15) is 6.23 Å². The Balaban J connectivity index is 2.15. The van der Waals surface area contributed by atoms with E-state index in [1.807, 2.05) is 0 Å². The van der Waals surface area contributed by atoms with Gasteiger partial charge >= 0.3 is 0 Å². The highest BCUT2D eigenvalue weighted by molar-refractivity contribution is 5.46. The summed E-state index contributed by atoms with van der Waals surface area (Å²) in [6.07, 6.45) is 0.522. The lowest BCUT2D eigenvalue weighted by atomic mass is 10.4. The van der Waals surface area contributed by atoms with E-state index in [-0.39, 0.29) is 6.23 Å². The molecule has 0 saturated carbocycles. The van der Waals surface area contributed by atoms with Gasteiger partial charge in [0, 0.05) is 13.1 Å². The van der Waals surface area contributed by atoms with E-state index in [4.69, 9.17) is 4.74 Å². The maximum absolute atomic E-state index is 9.85. The van der Waals surface area contributed by atoms with Gasteiger partial charge in [-0.05, 0) is 0 Å². The van der Waals surface area contributed by atoms with Gasteiger partial charge in [-0.1, -0.05) is 0 Å². The number of ether oxygens (including phenoxy) is 1. The summed E-state index contributed by atoms with van der Waals surface area (Å²) < 4.78 is 5.11. The van der Waals surface area contributed by atoms with Crippen LogP contribution in [0.5, 0.6) is 0 Å². The van der Waals surface area contributed by atoms with Crippen LogP contribution in [0, 0.1) is 0 Å². The molecule has 1 fully saturated rings. The molecule has 2 N–H and O–H groups in total. The van der Waals surface area contributed by atoms with E-state index in [1.54, 1.807) is 0 Å². The lowest BCUT2D eigenvalue weighted by molar-refractivity contribution is -0.114. The average Bonchev–Trinajstić information content (AvgIpc) is 1.91. The van der Waals surface area contributed by atoms with Gasteiger partial charge in [-0.3, -0.25) is 4.79 Å². The van der Waals surface area contributed by atoms with E-state index in [0.717, 1.165) is 6.54 Å². The molecule has 0 spiro atoms. The van der Waals surface area contributed by atoms with E-state index in [9.17, 15) is 4.79 Å². The zero-order chi connectivity index (χ0) is 6.53. The predicted molar refractivity (Wildman–Crippen MR) is 31.8 cm³/mol. The summed E-state index contributed by atoms with van der Waals surface area (Å²) >= 11 is 0. The normalized spacial score (nSPS) is 27.3. The van der Waals surface area contributed by atoms with Gasteiger partial charge in [0.25, 0.3) is 0 Å². The molecule has 9 heavy (non-hydrogen) atoms. The Kier molecular flexibility index (Phi) is 2.48. The molecule has 1 aliphatic rings. The zero-order valence-corrected chi connectivity index (χ0v) is 5.09. The van der Waals surface area contributed by atoms with Crippen LogP contribution < -0.4 is 10.6 Å². The van der Waals surface area contributed by atoms with Crippen LogP contribution in [0.15, 0.2) is 0 Å². The van der Waals surface area contributed by atoms with E-state index in [2.05, 4.69) is 10.6 Å². The van der Waals surface area contributed by atoms with E-state index in [1.165, 1.54) is 0 Å². The van der Waals surface area contributed by atoms with Crippen LogP contribution in [0.1, 0.15) is 0 Å². The van der Waals surface area contributed by atoms with E-state index >= 15 is 0 Å². The molecule has 0 aromatic heterocycles. The first-order chi connectivity index (χ1) is 4.43.